The summed E-state index contributed by atoms with van der Waals surface area (Å²) in [6.45, 7) is 5.87. The molecule has 2 unspecified atom stereocenters. The molecule has 1 heterocycles. The van der Waals surface area contributed by atoms with Crippen molar-refractivity contribution in [2.45, 2.75) is 32.8 Å². The molecule has 0 spiro atoms. The molecule has 1 aromatic rings. The van der Waals surface area contributed by atoms with Crippen LogP contribution in [0.5, 0.6) is 0 Å². The van der Waals surface area contributed by atoms with Gasteiger partial charge in [0.05, 0.1) is 6.10 Å². The highest BCUT2D eigenvalue weighted by atomic mass is 16.5. The van der Waals surface area contributed by atoms with Crippen molar-refractivity contribution in [1.29, 1.82) is 0 Å². The van der Waals surface area contributed by atoms with Gasteiger partial charge in [-0.15, -0.1) is 0 Å². The van der Waals surface area contributed by atoms with E-state index in [4.69, 9.17) is 10.5 Å². The Morgan fingerprint density at radius 3 is 2.94 bits per heavy atom. The first-order valence-electron chi connectivity index (χ1n) is 6.11. The predicted octanol–water partition coefficient (Wildman–Crippen LogP) is 2.73. The van der Waals surface area contributed by atoms with Gasteiger partial charge in [-0.05, 0) is 44.4 Å². The first kappa shape index (κ1) is 11.6. The van der Waals surface area contributed by atoms with Crippen LogP contribution in [-0.2, 0) is 4.74 Å². The van der Waals surface area contributed by atoms with Gasteiger partial charge < -0.3 is 10.5 Å². The molecule has 2 nitrogen and oxygen atoms in total. The summed E-state index contributed by atoms with van der Waals surface area (Å²) in [6.07, 6.45) is 2.54. The van der Waals surface area contributed by atoms with Crippen LogP contribution in [0.25, 0.3) is 0 Å². The third-order valence-electron chi connectivity index (χ3n) is 3.49. The number of hydrogen-bond acceptors (Lipinski definition) is 2. The normalized spacial score (nSPS) is 25.7. The van der Waals surface area contributed by atoms with Crippen molar-refractivity contribution in [2.24, 2.45) is 11.7 Å². The molecule has 88 valence electrons. The van der Waals surface area contributed by atoms with Crippen LogP contribution in [0.4, 0.5) is 0 Å². The molecule has 1 aliphatic heterocycles. The highest BCUT2D eigenvalue weighted by molar-refractivity contribution is 5.32. The van der Waals surface area contributed by atoms with Crippen LogP contribution in [0.2, 0.25) is 0 Å². The van der Waals surface area contributed by atoms with E-state index in [0.29, 0.717) is 5.92 Å². The van der Waals surface area contributed by atoms with Gasteiger partial charge in [-0.1, -0.05) is 23.8 Å². The summed E-state index contributed by atoms with van der Waals surface area (Å²) in [6, 6.07) is 6.57. The summed E-state index contributed by atoms with van der Waals surface area (Å²) in [7, 11) is 0. The number of rotatable bonds is 2. The molecule has 2 heteroatoms. The van der Waals surface area contributed by atoms with Crippen LogP contribution in [0.3, 0.4) is 0 Å². The lowest BCUT2D eigenvalue weighted by Gasteiger charge is -2.32. The monoisotopic (exact) mass is 219 g/mol. The minimum Gasteiger partial charge on any atom is -0.373 e. The minimum atomic E-state index is 0.207. The molecular weight excluding hydrogens is 198 g/mol. The Morgan fingerprint density at radius 2 is 2.19 bits per heavy atom. The van der Waals surface area contributed by atoms with Crippen molar-refractivity contribution >= 4 is 0 Å². The zero-order valence-electron chi connectivity index (χ0n) is 10.2. The van der Waals surface area contributed by atoms with Crippen LogP contribution in [-0.4, -0.2) is 13.2 Å². The highest BCUT2D eigenvalue weighted by Gasteiger charge is 2.27. The van der Waals surface area contributed by atoms with E-state index in [0.717, 1.165) is 19.6 Å². The molecule has 0 aromatic heterocycles. The Bertz CT molecular complexity index is 362. The standard InChI is InChI=1S/C14H21NO/c1-10-5-6-11(2)13(8-10)14-12(9-15)4-3-7-16-14/h5-6,8,12,14H,3-4,7,9,15H2,1-2H3. The molecule has 1 aromatic carbocycles. The van der Waals surface area contributed by atoms with Crippen LogP contribution < -0.4 is 5.73 Å². The van der Waals surface area contributed by atoms with Crippen LogP contribution in [0.1, 0.15) is 35.6 Å². The van der Waals surface area contributed by atoms with Gasteiger partial charge >= 0.3 is 0 Å². The van der Waals surface area contributed by atoms with Crippen LogP contribution >= 0.6 is 0 Å². The molecule has 2 rings (SSSR count). The van der Waals surface area contributed by atoms with Crippen molar-refractivity contribution in [2.75, 3.05) is 13.2 Å². The van der Waals surface area contributed by atoms with Gasteiger partial charge in [-0.25, -0.2) is 0 Å². The Hall–Kier alpha value is -0.860. The lowest BCUT2D eigenvalue weighted by Crippen LogP contribution is -2.29. The molecule has 1 aliphatic rings. The largest absolute Gasteiger partial charge is 0.373 e. The third kappa shape index (κ3) is 2.28. The maximum Gasteiger partial charge on any atom is 0.0867 e. The maximum atomic E-state index is 5.92. The Balaban J connectivity index is 2.30. The lowest BCUT2D eigenvalue weighted by molar-refractivity contribution is -0.0255. The first-order chi connectivity index (χ1) is 7.72. The van der Waals surface area contributed by atoms with E-state index in [9.17, 15) is 0 Å². The van der Waals surface area contributed by atoms with Gasteiger partial charge in [0.25, 0.3) is 0 Å². The highest BCUT2D eigenvalue weighted by Crippen LogP contribution is 2.34. The van der Waals surface area contributed by atoms with Gasteiger partial charge in [-0.2, -0.15) is 0 Å². The van der Waals surface area contributed by atoms with E-state index in [2.05, 4.69) is 32.0 Å². The zero-order valence-corrected chi connectivity index (χ0v) is 10.2. The van der Waals surface area contributed by atoms with E-state index < -0.39 is 0 Å². The summed E-state index contributed by atoms with van der Waals surface area (Å²) in [5.41, 5.74) is 9.78. The smallest absolute Gasteiger partial charge is 0.0867 e. The second kappa shape index (κ2) is 4.98. The van der Waals surface area contributed by atoms with E-state index >= 15 is 0 Å². The van der Waals surface area contributed by atoms with Crippen molar-refractivity contribution in [3.63, 3.8) is 0 Å². The third-order valence-corrected chi connectivity index (χ3v) is 3.49. The summed E-state index contributed by atoms with van der Waals surface area (Å²) in [5.74, 6) is 0.481. The van der Waals surface area contributed by atoms with E-state index in [-0.39, 0.29) is 6.10 Å². The Labute approximate surface area is 97.8 Å². The van der Waals surface area contributed by atoms with E-state index in [1.807, 2.05) is 0 Å². The summed E-state index contributed by atoms with van der Waals surface area (Å²) in [5, 5.41) is 0. The topological polar surface area (TPSA) is 35.2 Å². The molecule has 1 fully saturated rings. The summed E-state index contributed by atoms with van der Waals surface area (Å²) >= 11 is 0. The van der Waals surface area contributed by atoms with E-state index in [1.54, 1.807) is 0 Å². The van der Waals surface area contributed by atoms with Crippen LogP contribution in [0.15, 0.2) is 18.2 Å². The molecule has 0 radical (unpaired) electrons. The molecule has 0 amide bonds. The Morgan fingerprint density at radius 1 is 1.38 bits per heavy atom. The fraction of sp³-hybridized carbons (Fsp3) is 0.571. The van der Waals surface area contributed by atoms with Gasteiger partial charge in [0, 0.05) is 12.5 Å². The van der Waals surface area contributed by atoms with E-state index in [1.165, 1.54) is 23.1 Å². The van der Waals surface area contributed by atoms with Crippen molar-refractivity contribution < 1.29 is 4.74 Å². The van der Waals surface area contributed by atoms with Crippen LogP contribution in [0, 0.1) is 19.8 Å². The average molecular weight is 219 g/mol. The molecule has 1 saturated heterocycles. The number of aryl methyl sites for hydroxylation is 2. The number of hydrogen-bond donors (Lipinski definition) is 1. The maximum absolute atomic E-state index is 5.92. The molecule has 0 bridgehead atoms. The minimum absolute atomic E-state index is 0.207. The van der Waals surface area contributed by atoms with Gasteiger partial charge in [0.2, 0.25) is 0 Å². The molecular formula is C14H21NO. The fourth-order valence-corrected chi connectivity index (χ4v) is 2.49. The second-order valence-electron chi connectivity index (χ2n) is 4.79. The second-order valence-corrected chi connectivity index (χ2v) is 4.79. The van der Waals surface area contributed by atoms with Gasteiger partial charge in [0.15, 0.2) is 0 Å². The summed E-state index contributed by atoms with van der Waals surface area (Å²) < 4.78 is 5.92. The van der Waals surface area contributed by atoms with Crippen molar-refractivity contribution in [3.8, 4) is 0 Å². The SMILES string of the molecule is Cc1ccc(C)c(C2OCCCC2CN)c1. The molecule has 0 saturated carbocycles. The zero-order chi connectivity index (χ0) is 11.5. The number of benzene rings is 1. The first-order valence-corrected chi connectivity index (χ1v) is 6.11. The fourth-order valence-electron chi connectivity index (χ4n) is 2.49. The average Bonchev–Trinajstić information content (AvgIpc) is 2.32. The molecule has 0 aliphatic carbocycles. The lowest BCUT2D eigenvalue weighted by atomic mass is 9.87. The number of ether oxygens (including phenoxy) is 1. The van der Waals surface area contributed by atoms with Gasteiger partial charge in [-0.3, -0.25) is 0 Å². The summed E-state index contributed by atoms with van der Waals surface area (Å²) in [4.78, 5) is 0. The molecule has 2 N–H and O–H groups in total. The molecule has 16 heavy (non-hydrogen) atoms. The van der Waals surface area contributed by atoms with Gasteiger partial charge in [0.1, 0.15) is 0 Å². The predicted molar refractivity (Wildman–Crippen MR) is 66.4 cm³/mol. The van der Waals surface area contributed by atoms with Crippen molar-refractivity contribution in [1.82, 2.24) is 0 Å². The van der Waals surface area contributed by atoms with Crippen molar-refractivity contribution in [3.05, 3.63) is 34.9 Å². The quantitative estimate of drug-likeness (QED) is 0.830. The molecule has 2 atom stereocenters. The number of nitrogens with two attached hydrogens (primary N) is 1. The Kier molecular flexibility index (Phi) is 3.62.